The van der Waals surface area contributed by atoms with E-state index in [-0.39, 0.29) is 0 Å². The third-order valence-corrected chi connectivity index (χ3v) is 1.24. The summed E-state index contributed by atoms with van der Waals surface area (Å²) in [5.74, 6) is -0.544. The first-order chi connectivity index (χ1) is 4.54. The van der Waals surface area contributed by atoms with E-state index in [9.17, 15) is 4.79 Å². The maximum atomic E-state index is 10.8. The van der Waals surface area contributed by atoms with Crippen molar-refractivity contribution in [3.63, 3.8) is 0 Å². The number of esters is 1. The van der Waals surface area contributed by atoms with Gasteiger partial charge >= 0.3 is 5.97 Å². The highest BCUT2D eigenvalue weighted by atomic mass is 16.5. The van der Waals surface area contributed by atoms with Crippen molar-refractivity contribution in [2.24, 2.45) is 11.5 Å². The predicted molar refractivity (Wildman–Crippen MR) is 38.0 cm³/mol. The lowest BCUT2D eigenvalue weighted by atomic mass is 10.1. The molecule has 0 aromatic heterocycles. The molecular formula is C6H14N2O2. The zero-order chi connectivity index (χ0) is 8.20. The SMILES string of the molecule is CCOC(=O)C(N)(N)CC. The molecule has 0 aliphatic carbocycles. The molecule has 0 aromatic carbocycles. The van der Waals surface area contributed by atoms with Crippen molar-refractivity contribution in [2.75, 3.05) is 6.61 Å². The van der Waals surface area contributed by atoms with Gasteiger partial charge in [0.1, 0.15) is 0 Å². The monoisotopic (exact) mass is 146 g/mol. The van der Waals surface area contributed by atoms with Crippen LogP contribution in [-0.4, -0.2) is 18.2 Å². The number of carbonyl (C=O) groups is 1. The normalized spacial score (nSPS) is 11.2. The molecule has 0 unspecified atom stereocenters. The van der Waals surface area contributed by atoms with E-state index >= 15 is 0 Å². The highest BCUT2D eigenvalue weighted by Crippen LogP contribution is 1.99. The van der Waals surface area contributed by atoms with Gasteiger partial charge in [-0.05, 0) is 13.3 Å². The Morgan fingerprint density at radius 3 is 2.30 bits per heavy atom. The molecule has 0 bridgehead atoms. The van der Waals surface area contributed by atoms with Crippen LogP contribution in [-0.2, 0) is 9.53 Å². The Kier molecular flexibility index (Phi) is 3.32. The molecule has 0 amide bonds. The Labute approximate surface area is 60.5 Å². The minimum absolute atomic E-state index is 0.314. The topological polar surface area (TPSA) is 78.3 Å². The van der Waals surface area contributed by atoms with E-state index in [0.717, 1.165) is 0 Å². The van der Waals surface area contributed by atoms with Crippen molar-refractivity contribution in [2.45, 2.75) is 25.9 Å². The summed E-state index contributed by atoms with van der Waals surface area (Å²) in [7, 11) is 0. The molecule has 4 heteroatoms. The maximum absolute atomic E-state index is 10.8. The zero-order valence-electron chi connectivity index (χ0n) is 6.39. The molecule has 10 heavy (non-hydrogen) atoms. The van der Waals surface area contributed by atoms with E-state index in [2.05, 4.69) is 4.74 Å². The largest absolute Gasteiger partial charge is 0.464 e. The van der Waals surface area contributed by atoms with Gasteiger partial charge in [0.15, 0.2) is 5.66 Å². The number of hydrogen-bond donors (Lipinski definition) is 2. The lowest BCUT2D eigenvalue weighted by Crippen LogP contribution is -2.56. The van der Waals surface area contributed by atoms with Crippen LogP contribution in [0.4, 0.5) is 0 Å². The summed E-state index contributed by atoms with van der Waals surface area (Å²) in [5, 5.41) is 0. The van der Waals surface area contributed by atoms with Gasteiger partial charge in [-0.1, -0.05) is 6.92 Å². The van der Waals surface area contributed by atoms with Crippen LogP contribution in [0.3, 0.4) is 0 Å². The van der Waals surface area contributed by atoms with Gasteiger partial charge in [0.25, 0.3) is 0 Å². The molecule has 0 fully saturated rings. The van der Waals surface area contributed by atoms with E-state index in [1.165, 1.54) is 0 Å². The minimum Gasteiger partial charge on any atom is -0.464 e. The molecule has 0 saturated carbocycles. The predicted octanol–water partition coefficient (Wildman–Crippen LogP) is -0.427. The average Bonchev–Trinajstić information content (AvgIpc) is 1.89. The molecule has 4 nitrogen and oxygen atoms in total. The van der Waals surface area contributed by atoms with Gasteiger partial charge in [0.05, 0.1) is 6.61 Å². The van der Waals surface area contributed by atoms with Crippen molar-refractivity contribution in [1.82, 2.24) is 0 Å². The molecule has 0 aliphatic rings. The molecule has 0 saturated heterocycles. The number of nitrogens with two attached hydrogens (primary N) is 2. The second-order valence-electron chi connectivity index (χ2n) is 2.11. The summed E-state index contributed by atoms with van der Waals surface area (Å²) in [4.78, 5) is 10.8. The Hall–Kier alpha value is -0.610. The summed E-state index contributed by atoms with van der Waals surface area (Å²) < 4.78 is 4.61. The van der Waals surface area contributed by atoms with Crippen LogP contribution in [0, 0.1) is 0 Å². The molecule has 60 valence electrons. The molecule has 0 aromatic rings. The minimum atomic E-state index is -1.31. The first-order valence-electron chi connectivity index (χ1n) is 3.29. The second kappa shape index (κ2) is 3.53. The van der Waals surface area contributed by atoms with Gasteiger partial charge < -0.3 is 16.2 Å². The van der Waals surface area contributed by atoms with E-state index in [1.54, 1.807) is 13.8 Å². The number of carbonyl (C=O) groups excluding carboxylic acids is 1. The standard InChI is InChI=1S/C6H14N2O2/c1-3-6(7,8)5(9)10-4-2/h3-4,7-8H2,1-2H3. The van der Waals surface area contributed by atoms with Crippen molar-refractivity contribution in [3.8, 4) is 0 Å². The Balaban J connectivity index is 3.91. The van der Waals surface area contributed by atoms with Crippen molar-refractivity contribution < 1.29 is 9.53 Å². The molecule has 0 atom stereocenters. The smallest absolute Gasteiger partial charge is 0.340 e. The third kappa shape index (κ3) is 2.33. The number of ether oxygens (including phenoxy) is 1. The molecule has 4 N–H and O–H groups in total. The van der Waals surface area contributed by atoms with Crippen molar-refractivity contribution >= 4 is 5.97 Å². The molecular weight excluding hydrogens is 132 g/mol. The number of hydrogen-bond acceptors (Lipinski definition) is 4. The highest BCUT2D eigenvalue weighted by Gasteiger charge is 2.27. The maximum Gasteiger partial charge on any atom is 0.340 e. The van der Waals surface area contributed by atoms with Crippen LogP contribution in [0.2, 0.25) is 0 Å². The first-order valence-corrected chi connectivity index (χ1v) is 3.29. The highest BCUT2D eigenvalue weighted by molar-refractivity contribution is 5.79. The quantitative estimate of drug-likeness (QED) is 0.418. The van der Waals surface area contributed by atoms with Crippen LogP contribution in [0.15, 0.2) is 0 Å². The second-order valence-corrected chi connectivity index (χ2v) is 2.11. The van der Waals surface area contributed by atoms with Gasteiger partial charge in [-0.3, -0.25) is 0 Å². The average molecular weight is 146 g/mol. The van der Waals surface area contributed by atoms with Crippen LogP contribution in [0.1, 0.15) is 20.3 Å². The van der Waals surface area contributed by atoms with Crippen molar-refractivity contribution in [3.05, 3.63) is 0 Å². The third-order valence-electron chi connectivity index (χ3n) is 1.24. The zero-order valence-corrected chi connectivity index (χ0v) is 6.39. The van der Waals surface area contributed by atoms with E-state index in [4.69, 9.17) is 11.5 Å². The van der Waals surface area contributed by atoms with Gasteiger partial charge in [-0.25, -0.2) is 4.79 Å². The summed E-state index contributed by atoms with van der Waals surface area (Å²) in [6.07, 6.45) is 0.381. The van der Waals surface area contributed by atoms with Gasteiger partial charge in [-0.2, -0.15) is 0 Å². The van der Waals surface area contributed by atoms with Gasteiger partial charge in [-0.15, -0.1) is 0 Å². The summed E-state index contributed by atoms with van der Waals surface area (Å²) in [6, 6.07) is 0. The summed E-state index contributed by atoms with van der Waals surface area (Å²) >= 11 is 0. The van der Waals surface area contributed by atoms with Crippen LogP contribution < -0.4 is 11.5 Å². The molecule has 0 aliphatic heterocycles. The van der Waals surface area contributed by atoms with E-state index in [0.29, 0.717) is 13.0 Å². The lowest BCUT2D eigenvalue weighted by Gasteiger charge is -2.19. The Morgan fingerprint density at radius 2 is 2.00 bits per heavy atom. The van der Waals surface area contributed by atoms with E-state index in [1.807, 2.05) is 0 Å². The molecule has 0 radical (unpaired) electrons. The Bertz CT molecular complexity index is 123. The summed E-state index contributed by atoms with van der Waals surface area (Å²) in [6.45, 7) is 3.76. The lowest BCUT2D eigenvalue weighted by molar-refractivity contribution is -0.149. The number of rotatable bonds is 3. The molecule has 0 heterocycles. The molecule has 0 rings (SSSR count). The van der Waals surface area contributed by atoms with Gasteiger partial charge in [0.2, 0.25) is 0 Å². The first kappa shape index (κ1) is 9.39. The Morgan fingerprint density at radius 1 is 1.50 bits per heavy atom. The van der Waals surface area contributed by atoms with Crippen LogP contribution in [0.5, 0.6) is 0 Å². The van der Waals surface area contributed by atoms with Crippen LogP contribution >= 0.6 is 0 Å². The fraction of sp³-hybridized carbons (Fsp3) is 0.833. The molecule has 0 spiro atoms. The fourth-order valence-corrected chi connectivity index (χ4v) is 0.410. The van der Waals surface area contributed by atoms with Gasteiger partial charge in [0, 0.05) is 0 Å². The van der Waals surface area contributed by atoms with E-state index < -0.39 is 11.6 Å². The van der Waals surface area contributed by atoms with Crippen LogP contribution in [0.25, 0.3) is 0 Å². The van der Waals surface area contributed by atoms with Crippen molar-refractivity contribution in [1.29, 1.82) is 0 Å². The fourth-order valence-electron chi connectivity index (χ4n) is 0.410. The summed E-state index contributed by atoms with van der Waals surface area (Å²) in [5.41, 5.74) is 9.39.